The highest BCUT2D eigenvalue weighted by molar-refractivity contribution is 5.81. The van der Waals surface area contributed by atoms with Gasteiger partial charge in [0.05, 0.1) is 19.8 Å². The van der Waals surface area contributed by atoms with Crippen LogP contribution in [0.5, 0.6) is 0 Å². The van der Waals surface area contributed by atoms with Crippen LogP contribution >= 0.6 is 0 Å². The second-order valence-electron chi connectivity index (χ2n) is 8.63. The Morgan fingerprint density at radius 3 is 2.15 bits per heavy atom. The minimum Gasteiger partial charge on any atom is -0.479 e. The number of carbonyl (C=O) groups is 4. The third-order valence-electron chi connectivity index (χ3n) is 4.27. The Bertz CT molecular complexity index is 690. The summed E-state index contributed by atoms with van der Waals surface area (Å²) >= 11 is 0. The molecule has 2 amide bonds. The van der Waals surface area contributed by atoms with Crippen molar-refractivity contribution in [3.8, 4) is 0 Å². The summed E-state index contributed by atoms with van der Waals surface area (Å²) in [5.74, 6) is -1.02. The highest BCUT2D eigenvalue weighted by Gasteiger charge is 2.31. The van der Waals surface area contributed by atoms with Crippen LogP contribution in [0.25, 0.3) is 0 Å². The molecule has 0 spiro atoms. The van der Waals surface area contributed by atoms with E-state index in [2.05, 4.69) is 10.6 Å². The van der Waals surface area contributed by atoms with Crippen LogP contribution in [0.3, 0.4) is 0 Å². The quantitative estimate of drug-likeness (QED) is 0.478. The standard InChI is InChI=1S/C10H17NO5.C8H14N2O2.C2HF3O/c1-10(2,3)16-9(14)11-4-5-15-7(6-11)8(12)13;11-8(10-6-1-2-6)7-5-9-3-4-12-7;3-2(4,5)1-6/h7H,4-6H2,1-3H3,(H,12,13);6-7,9H,1-5H2,(H,10,11);1H. The van der Waals surface area contributed by atoms with Gasteiger partial charge in [0, 0.05) is 25.7 Å². The van der Waals surface area contributed by atoms with Crippen molar-refractivity contribution in [3.05, 3.63) is 0 Å². The predicted molar refractivity (Wildman–Crippen MR) is 111 cm³/mol. The van der Waals surface area contributed by atoms with Crippen molar-refractivity contribution in [2.75, 3.05) is 39.4 Å². The number of carbonyl (C=O) groups excluding carboxylic acids is 3. The summed E-state index contributed by atoms with van der Waals surface area (Å²) in [4.78, 5) is 43.8. The minimum atomic E-state index is -4.64. The fourth-order valence-corrected chi connectivity index (χ4v) is 2.55. The number of amides is 2. The van der Waals surface area contributed by atoms with Crippen LogP contribution in [0.4, 0.5) is 18.0 Å². The highest BCUT2D eigenvalue weighted by Crippen LogP contribution is 2.19. The molecule has 1 saturated carbocycles. The maximum atomic E-state index is 11.6. The van der Waals surface area contributed by atoms with E-state index in [0.29, 0.717) is 25.7 Å². The van der Waals surface area contributed by atoms with E-state index in [0.717, 1.165) is 19.4 Å². The lowest BCUT2D eigenvalue weighted by Gasteiger charge is -2.32. The average molecular weight is 499 g/mol. The fraction of sp³-hybridized carbons (Fsp3) is 0.800. The van der Waals surface area contributed by atoms with E-state index in [-0.39, 0.29) is 25.2 Å². The monoisotopic (exact) mass is 499 g/mol. The van der Waals surface area contributed by atoms with E-state index >= 15 is 0 Å². The van der Waals surface area contributed by atoms with Crippen LogP contribution in [0, 0.1) is 0 Å². The molecule has 3 N–H and O–H groups in total. The summed E-state index contributed by atoms with van der Waals surface area (Å²) in [7, 11) is 0. The lowest BCUT2D eigenvalue weighted by molar-refractivity contribution is -0.156. The zero-order valence-electron chi connectivity index (χ0n) is 19.4. The third kappa shape index (κ3) is 13.3. The molecule has 3 rings (SSSR count). The molecule has 2 heterocycles. The van der Waals surface area contributed by atoms with Gasteiger partial charge < -0.3 is 34.9 Å². The molecule has 2 saturated heterocycles. The fourth-order valence-electron chi connectivity index (χ4n) is 2.55. The molecule has 2 aliphatic heterocycles. The molecule has 0 aromatic heterocycles. The van der Waals surface area contributed by atoms with Crippen molar-refractivity contribution in [2.45, 2.75) is 63.6 Å². The summed E-state index contributed by atoms with van der Waals surface area (Å²) in [6.45, 7) is 8.05. The normalized spacial score (nSPS) is 22.7. The van der Waals surface area contributed by atoms with Gasteiger partial charge in [-0.25, -0.2) is 9.59 Å². The first kappa shape index (κ1) is 29.6. The SMILES string of the molecule is CC(C)(C)OC(=O)N1CCOC(C(=O)O)C1.O=C(NC1CC1)C1CNCCO1.O=CC(F)(F)F. The number of halogens is 3. The molecule has 34 heavy (non-hydrogen) atoms. The summed E-state index contributed by atoms with van der Waals surface area (Å²) in [5.41, 5.74) is -0.575. The number of carboxylic acid groups (broad SMARTS) is 1. The number of morpholine rings is 2. The molecule has 196 valence electrons. The summed E-state index contributed by atoms with van der Waals surface area (Å²) < 4.78 is 46.7. The molecule has 0 radical (unpaired) electrons. The number of aliphatic carboxylic acids is 1. The first-order valence-electron chi connectivity index (χ1n) is 10.7. The van der Waals surface area contributed by atoms with E-state index in [1.54, 1.807) is 20.8 Å². The van der Waals surface area contributed by atoms with Gasteiger partial charge in [-0.2, -0.15) is 13.2 Å². The predicted octanol–water partition coefficient (Wildman–Crippen LogP) is 0.708. The molecule has 2 unspecified atom stereocenters. The largest absolute Gasteiger partial charge is 0.479 e. The van der Waals surface area contributed by atoms with Crippen LogP contribution in [-0.4, -0.2) is 104 Å². The Morgan fingerprint density at radius 1 is 1.12 bits per heavy atom. The van der Waals surface area contributed by atoms with Crippen LogP contribution in [-0.2, 0) is 28.6 Å². The molecule has 1 aliphatic carbocycles. The summed E-state index contributed by atoms with van der Waals surface area (Å²) in [6.07, 6.45) is -5.16. The molecule has 14 heteroatoms. The lowest BCUT2D eigenvalue weighted by atomic mass is 10.2. The van der Waals surface area contributed by atoms with Gasteiger partial charge in [-0.15, -0.1) is 0 Å². The molecule has 2 atom stereocenters. The molecule has 3 fully saturated rings. The number of nitrogens with one attached hydrogen (secondary N) is 2. The maximum Gasteiger partial charge on any atom is 0.446 e. The number of carboxylic acids is 1. The molecule has 0 aromatic rings. The number of ether oxygens (including phenoxy) is 3. The second kappa shape index (κ2) is 13.4. The van der Waals surface area contributed by atoms with E-state index in [1.165, 1.54) is 4.90 Å². The Kier molecular flexibility index (Phi) is 11.7. The average Bonchev–Trinajstić information content (AvgIpc) is 3.57. The smallest absolute Gasteiger partial charge is 0.446 e. The first-order chi connectivity index (χ1) is 15.7. The van der Waals surface area contributed by atoms with E-state index < -0.39 is 36.2 Å². The van der Waals surface area contributed by atoms with Gasteiger partial charge in [-0.3, -0.25) is 9.59 Å². The Hall–Kier alpha value is -2.45. The van der Waals surface area contributed by atoms with Gasteiger partial charge >= 0.3 is 18.2 Å². The van der Waals surface area contributed by atoms with Gasteiger partial charge in [0.2, 0.25) is 6.29 Å². The van der Waals surface area contributed by atoms with E-state index in [9.17, 15) is 27.6 Å². The Labute approximate surface area is 195 Å². The van der Waals surface area contributed by atoms with Crippen molar-refractivity contribution >= 4 is 24.3 Å². The minimum absolute atomic E-state index is 0.0320. The van der Waals surface area contributed by atoms with Gasteiger partial charge in [-0.05, 0) is 33.6 Å². The number of rotatable bonds is 3. The van der Waals surface area contributed by atoms with Gasteiger partial charge in [0.15, 0.2) is 6.10 Å². The Balaban J connectivity index is 0.000000282. The first-order valence-corrected chi connectivity index (χ1v) is 10.7. The molecular formula is C20H32F3N3O8. The summed E-state index contributed by atoms with van der Waals surface area (Å²) in [6, 6.07) is 0.433. The zero-order valence-corrected chi connectivity index (χ0v) is 19.4. The molecule has 11 nitrogen and oxygen atoms in total. The van der Waals surface area contributed by atoms with Crippen molar-refractivity contribution in [1.82, 2.24) is 15.5 Å². The second-order valence-corrected chi connectivity index (χ2v) is 8.63. The number of nitrogens with zero attached hydrogens (tertiary/aromatic N) is 1. The lowest BCUT2D eigenvalue weighted by Crippen LogP contribution is -2.49. The molecule has 0 bridgehead atoms. The van der Waals surface area contributed by atoms with Crippen molar-refractivity contribution in [1.29, 1.82) is 0 Å². The molecule has 3 aliphatic rings. The van der Waals surface area contributed by atoms with Crippen LogP contribution in [0.2, 0.25) is 0 Å². The number of hydrogen-bond acceptors (Lipinski definition) is 8. The summed E-state index contributed by atoms with van der Waals surface area (Å²) in [5, 5.41) is 14.8. The zero-order chi connectivity index (χ0) is 25.9. The Morgan fingerprint density at radius 2 is 1.71 bits per heavy atom. The van der Waals surface area contributed by atoms with Gasteiger partial charge in [0.1, 0.15) is 11.7 Å². The topological polar surface area (TPSA) is 144 Å². The van der Waals surface area contributed by atoms with Crippen molar-refractivity contribution < 1.29 is 51.7 Å². The number of alkyl halides is 3. The van der Waals surface area contributed by atoms with Crippen LogP contribution in [0.1, 0.15) is 33.6 Å². The number of hydrogen-bond donors (Lipinski definition) is 3. The van der Waals surface area contributed by atoms with E-state index in [1.807, 2.05) is 0 Å². The highest BCUT2D eigenvalue weighted by atomic mass is 19.4. The van der Waals surface area contributed by atoms with Crippen LogP contribution in [0.15, 0.2) is 0 Å². The van der Waals surface area contributed by atoms with Gasteiger partial charge in [0.25, 0.3) is 5.91 Å². The third-order valence-corrected chi connectivity index (χ3v) is 4.27. The van der Waals surface area contributed by atoms with E-state index in [4.69, 9.17) is 24.1 Å². The maximum absolute atomic E-state index is 11.6. The van der Waals surface area contributed by atoms with Crippen LogP contribution < -0.4 is 10.6 Å². The molecular weight excluding hydrogens is 467 g/mol. The van der Waals surface area contributed by atoms with Gasteiger partial charge in [-0.1, -0.05) is 0 Å². The van der Waals surface area contributed by atoms with Crippen molar-refractivity contribution in [3.63, 3.8) is 0 Å². The molecule has 0 aromatic carbocycles. The van der Waals surface area contributed by atoms with Crippen molar-refractivity contribution in [2.24, 2.45) is 0 Å². The number of aldehydes is 1.